The number of nitrogens with zero attached hydrogens (tertiary/aromatic N) is 1. The number of benzene rings is 1. The largest absolute Gasteiger partial charge is 0.371 e. The molecule has 18 heavy (non-hydrogen) atoms. The Kier molecular flexibility index (Phi) is 5.00. The molecule has 100 valence electrons. The first kappa shape index (κ1) is 13.3. The van der Waals surface area contributed by atoms with Gasteiger partial charge in [-0.25, -0.2) is 4.39 Å². The summed E-state index contributed by atoms with van der Waals surface area (Å²) in [5.41, 5.74) is 2.41. The Morgan fingerprint density at radius 2 is 2.06 bits per heavy atom. The average Bonchev–Trinajstić information content (AvgIpc) is 2.76. The lowest BCUT2D eigenvalue weighted by molar-refractivity contribution is 0.608. The number of unbranched alkanes of at least 4 members (excludes halogenated alkanes) is 3. The Labute approximate surface area is 109 Å². The molecule has 1 aliphatic rings. The summed E-state index contributed by atoms with van der Waals surface area (Å²) in [6.45, 7) is 3.23. The Bertz CT molecular complexity index is 379. The van der Waals surface area contributed by atoms with Crippen molar-refractivity contribution in [3.63, 3.8) is 0 Å². The van der Waals surface area contributed by atoms with Crippen molar-refractivity contribution in [1.29, 1.82) is 0 Å². The van der Waals surface area contributed by atoms with E-state index in [4.69, 9.17) is 0 Å². The summed E-state index contributed by atoms with van der Waals surface area (Å²) in [4.78, 5) is 2.33. The molecule has 0 spiro atoms. The molecular weight excluding hydrogens is 227 g/mol. The van der Waals surface area contributed by atoms with E-state index >= 15 is 0 Å². The zero-order valence-electron chi connectivity index (χ0n) is 11.2. The van der Waals surface area contributed by atoms with Crippen LogP contribution in [-0.4, -0.2) is 26.7 Å². The average molecular weight is 250 g/mol. The molecule has 0 atom stereocenters. The second kappa shape index (κ2) is 6.74. The van der Waals surface area contributed by atoms with Crippen molar-refractivity contribution in [2.75, 3.05) is 31.6 Å². The summed E-state index contributed by atoms with van der Waals surface area (Å²) in [5, 5.41) is 3.17. The predicted molar refractivity (Wildman–Crippen MR) is 74.7 cm³/mol. The quantitative estimate of drug-likeness (QED) is 0.748. The van der Waals surface area contributed by atoms with E-state index in [0.29, 0.717) is 0 Å². The summed E-state index contributed by atoms with van der Waals surface area (Å²) in [7, 11) is 2.00. The monoisotopic (exact) mass is 250 g/mol. The summed E-state index contributed by atoms with van der Waals surface area (Å²) in [6.07, 6.45) is 6.07. The third kappa shape index (κ3) is 3.45. The summed E-state index contributed by atoms with van der Waals surface area (Å²) in [6, 6.07) is 5.18. The molecule has 1 aromatic rings. The first-order valence-electron chi connectivity index (χ1n) is 6.99. The summed E-state index contributed by atoms with van der Waals surface area (Å²) in [5.74, 6) is -0.116. The maximum atomic E-state index is 13.2. The molecular formula is C15H23FN2. The second-order valence-corrected chi connectivity index (χ2v) is 5.03. The van der Waals surface area contributed by atoms with Gasteiger partial charge in [0.15, 0.2) is 0 Å². The van der Waals surface area contributed by atoms with Crippen molar-refractivity contribution in [3.8, 4) is 0 Å². The number of rotatable bonds is 7. The lowest BCUT2D eigenvalue weighted by Crippen LogP contribution is -2.21. The summed E-state index contributed by atoms with van der Waals surface area (Å²) < 4.78 is 13.2. The van der Waals surface area contributed by atoms with Crippen LogP contribution < -0.4 is 10.2 Å². The first-order valence-corrected chi connectivity index (χ1v) is 6.99. The molecule has 2 nitrogen and oxygen atoms in total. The van der Waals surface area contributed by atoms with E-state index in [0.717, 1.165) is 31.7 Å². The van der Waals surface area contributed by atoms with Gasteiger partial charge in [-0.3, -0.25) is 0 Å². The van der Waals surface area contributed by atoms with Crippen LogP contribution in [0.1, 0.15) is 31.2 Å². The zero-order valence-corrected chi connectivity index (χ0v) is 11.2. The fourth-order valence-corrected chi connectivity index (χ4v) is 2.61. The first-order chi connectivity index (χ1) is 8.81. The molecule has 0 unspecified atom stereocenters. The molecule has 0 radical (unpaired) electrons. The van der Waals surface area contributed by atoms with Crippen molar-refractivity contribution < 1.29 is 4.39 Å². The molecule has 1 N–H and O–H groups in total. The van der Waals surface area contributed by atoms with E-state index < -0.39 is 0 Å². The zero-order chi connectivity index (χ0) is 12.8. The highest BCUT2D eigenvalue weighted by Crippen LogP contribution is 2.28. The van der Waals surface area contributed by atoms with Crippen molar-refractivity contribution >= 4 is 5.69 Å². The van der Waals surface area contributed by atoms with Gasteiger partial charge in [0.05, 0.1) is 0 Å². The van der Waals surface area contributed by atoms with E-state index in [-0.39, 0.29) is 5.82 Å². The van der Waals surface area contributed by atoms with Gasteiger partial charge < -0.3 is 10.2 Å². The molecule has 3 heteroatoms. The minimum Gasteiger partial charge on any atom is -0.371 e. The third-order valence-corrected chi connectivity index (χ3v) is 3.64. The standard InChI is InChI=1S/C15H23FN2/c1-17-9-4-2-3-5-10-18-11-8-13-6-7-14(16)12-15(13)18/h6-7,12,17H,2-5,8-11H2,1H3. The number of halogens is 1. The van der Waals surface area contributed by atoms with E-state index in [2.05, 4.69) is 10.2 Å². The molecule has 0 saturated carbocycles. The Morgan fingerprint density at radius 1 is 1.22 bits per heavy atom. The van der Waals surface area contributed by atoms with Gasteiger partial charge in [-0.15, -0.1) is 0 Å². The normalized spacial score (nSPS) is 14.0. The van der Waals surface area contributed by atoms with Gasteiger partial charge in [-0.05, 0) is 50.6 Å². The number of anilines is 1. The fraction of sp³-hybridized carbons (Fsp3) is 0.600. The number of hydrogen-bond acceptors (Lipinski definition) is 2. The molecule has 0 amide bonds. The predicted octanol–water partition coefficient (Wildman–Crippen LogP) is 2.97. The lowest BCUT2D eigenvalue weighted by atomic mass is 10.1. The van der Waals surface area contributed by atoms with Gasteiger partial charge in [-0.1, -0.05) is 18.9 Å². The van der Waals surface area contributed by atoms with E-state index in [1.54, 1.807) is 12.1 Å². The summed E-state index contributed by atoms with van der Waals surface area (Å²) >= 11 is 0. The van der Waals surface area contributed by atoms with E-state index in [9.17, 15) is 4.39 Å². The van der Waals surface area contributed by atoms with Crippen LogP contribution in [0.5, 0.6) is 0 Å². The number of nitrogens with one attached hydrogen (secondary N) is 1. The maximum absolute atomic E-state index is 13.2. The molecule has 1 heterocycles. The molecule has 0 saturated heterocycles. The SMILES string of the molecule is CNCCCCCCN1CCc2ccc(F)cc21. The smallest absolute Gasteiger partial charge is 0.125 e. The van der Waals surface area contributed by atoms with Crippen molar-refractivity contribution in [1.82, 2.24) is 5.32 Å². The van der Waals surface area contributed by atoms with Crippen LogP contribution >= 0.6 is 0 Å². The highest BCUT2D eigenvalue weighted by Gasteiger charge is 2.18. The van der Waals surface area contributed by atoms with Crippen molar-refractivity contribution in [2.24, 2.45) is 0 Å². The molecule has 0 aromatic heterocycles. The van der Waals surface area contributed by atoms with Gasteiger partial charge in [-0.2, -0.15) is 0 Å². The Morgan fingerprint density at radius 3 is 2.89 bits per heavy atom. The number of fused-ring (bicyclic) bond motifs is 1. The maximum Gasteiger partial charge on any atom is 0.125 e. The Hall–Kier alpha value is -1.09. The van der Waals surface area contributed by atoms with Crippen LogP contribution in [0.2, 0.25) is 0 Å². The molecule has 1 aliphatic heterocycles. The highest BCUT2D eigenvalue weighted by atomic mass is 19.1. The van der Waals surface area contributed by atoms with Gasteiger partial charge in [0.2, 0.25) is 0 Å². The fourth-order valence-electron chi connectivity index (χ4n) is 2.61. The second-order valence-electron chi connectivity index (χ2n) is 5.03. The minimum absolute atomic E-state index is 0.116. The van der Waals surface area contributed by atoms with E-state index in [1.807, 2.05) is 13.1 Å². The third-order valence-electron chi connectivity index (χ3n) is 3.64. The topological polar surface area (TPSA) is 15.3 Å². The van der Waals surface area contributed by atoms with Crippen LogP contribution in [0.4, 0.5) is 10.1 Å². The Balaban J connectivity index is 1.74. The molecule has 1 aromatic carbocycles. The van der Waals surface area contributed by atoms with Gasteiger partial charge in [0.25, 0.3) is 0 Å². The van der Waals surface area contributed by atoms with Crippen molar-refractivity contribution in [2.45, 2.75) is 32.1 Å². The highest BCUT2D eigenvalue weighted by molar-refractivity contribution is 5.57. The molecule has 0 fully saturated rings. The molecule has 0 aliphatic carbocycles. The minimum atomic E-state index is -0.116. The van der Waals surface area contributed by atoms with Crippen LogP contribution in [0.25, 0.3) is 0 Å². The van der Waals surface area contributed by atoms with Crippen LogP contribution in [-0.2, 0) is 6.42 Å². The van der Waals surface area contributed by atoms with Gasteiger partial charge >= 0.3 is 0 Å². The molecule has 0 bridgehead atoms. The van der Waals surface area contributed by atoms with Crippen LogP contribution in [0, 0.1) is 5.82 Å². The lowest BCUT2D eigenvalue weighted by Gasteiger charge is -2.19. The van der Waals surface area contributed by atoms with Crippen molar-refractivity contribution in [3.05, 3.63) is 29.6 Å². The van der Waals surface area contributed by atoms with Crippen LogP contribution in [0.3, 0.4) is 0 Å². The van der Waals surface area contributed by atoms with E-state index in [1.165, 1.54) is 31.2 Å². The number of hydrogen-bond donors (Lipinski definition) is 1. The van der Waals surface area contributed by atoms with Crippen LogP contribution in [0.15, 0.2) is 18.2 Å². The van der Waals surface area contributed by atoms with Gasteiger partial charge in [0.1, 0.15) is 5.82 Å². The van der Waals surface area contributed by atoms with Gasteiger partial charge in [0, 0.05) is 18.8 Å². The molecule has 2 rings (SSSR count).